The first-order valence-electron chi connectivity index (χ1n) is 5.31. The van der Waals surface area contributed by atoms with E-state index in [0.717, 1.165) is 5.94 Å². The van der Waals surface area contributed by atoms with Crippen molar-refractivity contribution in [1.29, 1.82) is 0 Å². The van der Waals surface area contributed by atoms with Gasteiger partial charge in [0.05, 0.1) is 13.2 Å². The minimum Gasteiger partial charge on any atom is -0.468 e. The average molecular weight is 256 g/mol. The summed E-state index contributed by atoms with van der Waals surface area (Å²) < 4.78 is 35.3. The Labute approximate surface area is 101 Å². The van der Waals surface area contributed by atoms with E-state index in [-0.39, 0.29) is 0 Å². The molecule has 0 aromatic heterocycles. The first kappa shape index (κ1) is 12.3. The van der Waals surface area contributed by atoms with Gasteiger partial charge < -0.3 is 9.47 Å². The van der Waals surface area contributed by atoms with Crippen molar-refractivity contribution in [3.8, 4) is 5.75 Å². The average Bonchev–Trinajstić information content (AvgIpc) is 2.39. The molecule has 0 N–H and O–H groups in total. The van der Waals surface area contributed by atoms with Crippen LogP contribution in [0.2, 0.25) is 0 Å². The fraction of sp³-hybridized carbons (Fsp3) is 0.364. The molecule has 2 rings (SSSR count). The second-order valence-electron chi connectivity index (χ2n) is 3.58. The first-order valence-corrected chi connectivity index (χ1v) is 6.82. The molecule has 1 heterocycles. The van der Waals surface area contributed by atoms with Gasteiger partial charge in [-0.3, -0.25) is 0 Å². The Balaban J connectivity index is 1.93. The number of sulfonamides is 1. The van der Waals surface area contributed by atoms with E-state index in [2.05, 4.69) is 0 Å². The normalized spacial score (nSPS) is 17.9. The largest absolute Gasteiger partial charge is 0.468 e. The van der Waals surface area contributed by atoms with Crippen LogP contribution in [0, 0.1) is 5.94 Å². The van der Waals surface area contributed by atoms with Gasteiger partial charge in [0.25, 0.3) is 16.0 Å². The summed E-state index contributed by atoms with van der Waals surface area (Å²) in [6.07, 6.45) is 0. The zero-order valence-corrected chi connectivity index (χ0v) is 10.1. The van der Waals surface area contributed by atoms with Gasteiger partial charge in [0.2, 0.25) is 0 Å². The molecule has 1 aromatic rings. The second-order valence-corrected chi connectivity index (χ2v) is 5.32. The summed E-state index contributed by atoms with van der Waals surface area (Å²) in [6, 6.07) is 8.80. The number of rotatable bonds is 4. The fourth-order valence-corrected chi connectivity index (χ4v) is 2.49. The summed E-state index contributed by atoms with van der Waals surface area (Å²) in [6.45, 7) is 1.60. The highest BCUT2D eigenvalue weighted by molar-refractivity contribution is 7.90. The lowest BCUT2D eigenvalue weighted by Crippen LogP contribution is -2.41. The molecule has 1 aliphatic heterocycles. The number of nitrogens with zero attached hydrogens (tertiary/aromatic N) is 1. The molecule has 0 bridgehead atoms. The lowest BCUT2D eigenvalue weighted by atomic mass is 10.3. The number of para-hydroxylation sites is 1. The second kappa shape index (κ2) is 5.48. The van der Waals surface area contributed by atoms with E-state index < -0.39 is 10.0 Å². The van der Waals surface area contributed by atoms with Crippen LogP contribution >= 0.6 is 0 Å². The van der Waals surface area contributed by atoms with Gasteiger partial charge in [-0.25, -0.2) is 8.42 Å². The van der Waals surface area contributed by atoms with Gasteiger partial charge in [-0.2, -0.15) is 4.31 Å². The fourth-order valence-electron chi connectivity index (χ4n) is 1.48. The van der Waals surface area contributed by atoms with Crippen LogP contribution in [0.4, 0.5) is 0 Å². The summed E-state index contributed by atoms with van der Waals surface area (Å²) in [7, 11) is -3.48. The van der Waals surface area contributed by atoms with Crippen LogP contribution in [0.1, 0.15) is 0 Å². The molecular formula is C11H14NO4S. The van der Waals surface area contributed by atoms with Gasteiger partial charge in [0.15, 0.2) is 0 Å². The number of hydrogen-bond acceptors (Lipinski definition) is 4. The standard InChI is InChI=1S/C11H14NO4S/c13-17(14,12-6-8-15-9-7-12)10-16-11-4-2-1-3-5-11/h1-5,10H,6-9H2. The van der Waals surface area contributed by atoms with E-state index in [9.17, 15) is 8.42 Å². The monoisotopic (exact) mass is 256 g/mol. The van der Waals surface area contributed by atoms with Crippen molar-refractivity contribution in [1.82, 2.24) is 4.31 Å². The molecule has 6 heteroatoms. The zero-order valence-electron chi connectivity index (χ0n) is 9.28. The molecule has 5 nitrogen and oxygen atoms in total. The van der Waals surface area contributed by atoms with Crippen molar-refractivity contribution in [2.24, 2.45) is 0 Å². The van der Waals surface area contributed by atoms with Gasteiger partial charge in [-0.05, 0) is 12.1 Å². The Morgan fingerprint density at radius 3 is 2.47 bits per heavy atom. The van der Waals surface area contributed by atoms with Crippen LogP contribution < -0.4 is 4.74 Å². The topological polar surface area (TPSA) is 55.8 Å². The van der Waals surface area contributed by atoms with Crippen LogP contribution in [0.5, 0.6) is 5.75 Å². The Morgan fingerprint density at radius 2 is 1.82 bits per heavy atom. The third-order valence-electron chi connectivity index (χ3n) is 2.38. The third kappa shape index (κ3) is 3.42. The van der Waals surface area contributed by atoms with Crippen molar-refractivity contribution in [2.45, 2.75) is 0 Å². The van der Waals surface area contributed by atoms with Gasteiger partial charge in [-0.15, -0.1) is 0 Å². The smallest absolute Gasteiger partial charge is 0.265 e. The van der Waals surface area contributed by atoms with Crippen LogP contribution in [-0.4, -0.2) is 39.0 Å². The molecule has 0 saturated carbocycles. The lowest BCUT2D eigenvalue weighted by molar-refractivity contribution is 0.0728. The first-order chi connectivity index (χ1) is 8.18. The summed E-state index contributed by atoms with van der Waals surface area (Å²) in [5.74, 6) is 1.39. The Hall–Kier alpha value is -1.11. The minimum atomic E-state index is -3.48. The molecule has 1 aromatic carbocycles. The van der Waals surface area contributed by atoms with E-state index in [4.69, 9.17) is 9.47 Å². The Kier molecular flexibility index (Phi) is 3.98. The van der Waals surface area contributed by atoms with Crippen LogP contribution in [0.15, 0.2) is 30.3 Å². The van der Waals surface area contributed by atoms with E-state index in [1.165, 1.54) is 4.31 Å². The van der Waals surface area contributed by atoms with Gasteiger partial charge in [-0.1, -0.05) is 18.2 Å². The maximum Gasteiger partial charge on any atom is 0.265 e. The summed E-state index contributed by atoms with van der Waals surface area (Å²) in [5.41, 5.74) is 0. The molecule has 17 heavy (non-hydrogen) atoms. The highest BCUT2D eigenvalue weighted by Gasteiger charge is 2.25. The molecule has 1 saturated heterocycles. The summed E-state index contributed by atoms with van der Waals surface area (Å²) in [4.78, 5) is 0. The van der Waals surface area contributed by atoms with E-state index in [1.54, 1.807) is 24.3 Å². The van der Waals surface area contributed by atoms with Crippen LogP contribution in [-0.2, 0) is 14.8 Å². The molecule has 0 amide bonds. The Bertz CT molecular complexity index is 440. The summed E-state index contributed by atoms with van der Waals surface area (Å²) in [5, 5.41) is 0. The number of benzene rings is 1. The SMILES string of the molecule is O=S(=O)([CH]Oc1ccccc1)N1CCOCC1. The predicted octanol–water partition coefficient (Wildman–Crippen LogP) is 0.847. The van der Waals surface area contributed by atoms with Gasteiger partial charge in [0.1, 0.15) is 5.75 Å². The molecular weight excluding hydrogens is 242 g/mol. The molecule has 1 fully saturated rings. The highest BCUT2D eigenvalue weighted by atomic mass is 32.2. The number of morpholine rings is 1. The van der Waals surface area contributed by atoms with Crippen LogP contribution in [0.3, 0.4) is 0 Å². The van der Waals surface area contributed by atoms with Crippen molar-refractivity contribution < 1.29 is 17.9 Å². The highest BCUT2D eigenvalue weighted by Crippen LogP contribution is 2.14. The van der Waals surface area contributed by atoms with E-state index in [1.807, 2.05) is 6.07 Å². The van der Waals surface area contributed by atoms with Crippen molar-refractivity contribution in [2.75, 3.05) is 26.3 Å². The molecule has 0 atom stereocenters. The third-order valence-corrected chi connectivity index (χ3v) is 3.80. The minimum absolute atomic E-state index is 0.372. The molecule has 93 valence electrons. The number of ether oxygens (including phenoxy) is 2. The number of hydrogen-bond donors (Lipinski definition) is 0. The lowest BCUT2D eigenvalue weighted by Gasteiger charge is -2.25. The molecule has 1 radical (unpaired) electrons. The zero-order chi connectivity index (χ0) is 12.1. The van der Waals surface area contributed by atoms with Crippen molar-refractivity contribution in [3.05, 3.63) is 36.3 Å². The maximum atomic E-state index is 11.8. The molecule has 0 spiro atoms. The van der Waals surface area contributed by atoms with Gasteiger partial charge >= 0.3 is 0 Å². The summed E-state index contributed by atoms with van der Waals surface area (Å²) >= 11 is 0. The molecule has 0 unspecified atom stereocenters. The predicted molar refractivity (Wildman–Crippen MR) is 62.7 cm³/mol. The molecule has 0 aliphatic carbocycles. The quantitative estimate of drug-likeness (QED) is 0.801. The van der Waals surface area contributed by atoms with Gasteiger partial charge in [0, 0.05) is 13.1 Å². The van der Waals surface area contributed by atoms with E-state index in [0.29, 0.717) is 32.1 Å². The van der Waals surface area contributed by atoms with Crippen molar-refractivity contribution in [3.63, 3.8) is 0 Å². The molecule has 1 aliphatic rings. The van der Waals surface area contributed by atoms with E-state index >= 15 is 0 Å². The Morgan fingerprint density at radius 1 is 1.18 bits per heavy atom. The maximum absolute atomic E-state index is 11.8. The van der Waals surface area contributed by atoms with Crippen LogP contribution in [0.25, 0.3) is 0 Å². The van der Waals surface area contributed by atoms with Crippen molar-refractivity contribution >= 4 is 10.0 Å².